The van der Waals surface area contributed by atoms with Gasteiger partial charge in [0.2, 0.25) is 0 Å². The smallest absolute Gasteiger partial charge is 0.330 e. The molecule has 0 saturated carbocycles. The van der Waals surface area contributed by atoms with E-state index in [2.05, 4.69) is 5.32 Å². The fourth-order valence-electron chi connectivity index (χ4n) is 1.52. The van der Waals surface area contributed by atoms with Crippen LogP contribution in [0.5, 0.6) is 0 Å². The molecular weight excluding hydrogens is 248 g/mol. The molecule has 0 spiro atoms. The molecule has 0 amide bonds. The minimum absolute atomic E-state index is 0.00805. The van der Waals surface area contributed by atoms with Crippen LogP contribution in [-0.2, 0) is 12.7 Å². The maximum atomic E-state index is 13.4. The Hall–Kier alpha value is -1.14. The van der Waals surface area contributed by atoms with E-state index in [-0.39, 0.29) is 18.2 Å². The van der Waals surface area contributed by atoms with Crippen LogP contribution in [0.3, 0.4) is 0 Å². The third-order valence-corrected chi connectivity index (χ3v) is 2.61. The third-order valence-electron chi connectivity index (χ3n) is 2.61. The molecule has 0 aliphatic carbocycles. The number of hydrogen-bond donors (Lipinski definition) is 2. The molecule has 1 aromatic carbocycles. The van der Waals surface area contributed by atoms with Crippen LogP contribution in [0.1, 0.15) is 24.5 Å². The average molecular weight is 264 g/mol. The second-order valence-electron chi connectivity index (χ2n) is 4.16. The topological polar surface area (TPSA) is 38.0 Å². The van der Waals surface area contributed by atoms with Gasteiger partial charge in [0.25, 0.3) is 0 Å². The summed E-state index contributed by atoms with van der Waals surface area (Å²) in [5, 5.41) is 2.93. The van der Waals surface area contributed by atoms with Gasteiger partial charge in [-0.2, -0.15) is 13.2 Å². The first-order valence-corrected chi connectivity index (χ1v) is 5.63. The molecule has 0 aliphatic heterocycles. The van der Waals surface area contributed by atoms with Crippen molar-refractivity contribution in [3.63, 3.8) is 0 Å². The number of benzene rings is 1. The van der Waals surface area contributed by atoms with Crippen LogP contribution in [0.4, 0.5) is 17.6 Å². The van der Waals surface area contributed by atoms with Crippen molar-refractivity contribution in [2.24, 2.45) is 5.73 Å². The Bertz CT molecular complexity index is 390. The van der Waals surface area contributed by atoms with Gasteiger partial charge in [0, 0.05) is 18.2 Å². The van der Waals surface area contributed by atoms with Crippen molar-refractivity contribution in [2.75, 3.05) is 6.54 Å². The maximum absolute atomic E-state index is 13.4. The Kier molecular flexibility index (Phi) is 5.10. The van der Waals surface area contributed by atoms with E-state index in [9.17, 15) is 17.6 Å². The quantitative estimate of drug-likeness (QED) is 0.802. The van der Waals surface area contributed by atoms with Crippen molar-refractivity contribution < 1.29 is 17.6 Å². The second kappa shape index (κ2) is 6.15. The maximum Gasteiger partial charge on any atom is 0.416 e. The van der Waals surface area contributed by atoms with E-state index < -0.39 is 17.6 Å². The predicted molar refractivity (Wildman–Crippen MR) is 61.4 cm³/mol. The zero-order valence-corrected chi connectivity index (χ0v) is 10.0. The Morgan fingerprint density at radius 3 is 2.56 bits per heavy atom. The SMILES string of the molecule is CC(CCN)NCc1cc(C(F)(F)F)ccc1F. The molecule has 2 nitrogen and oxygen atoms in total. The van der Waals surface area contributed by atoms with E-state index >= 15 is 0 Å². The molecule has 0 heterocycles. The zero-order valence-electron chi connectivity index (χ0n) is 10.0. The van der Waals surface area contributed by atoms with Crippen molar-refractivity contribution in [2.45, 2.75) is 32.1 Å². The lowest BCUT2D eigenvalue weighted by Crippen LogP contribution is -2.28. The summed E-state index contributed by atoms with van der Waals surface area (Å²) < 4.78 is 50.7. The van der Waals surface area contributed by atoms with Crippen LogP contribution in [0.2, 0.25) is 0 Å². The molecule has 1 unspecified atom stereocenters. The summed E-state index contributed by atoms with van der Waals surface area (Å²) in [6, 6.07) is 2.44. The van der Waals surface area contributed by atoms with E-state index in [4.69, 9.17) is 5.73 Å². The van der Waals surface area contributed by atoms with Crippen molar-refractivity contribution in [1.82, 2.24) is 5.32 Å². The molecule has 1 rings (SSSR count). The molecule has 1 aromatic rings. The van der Waals surface area contributed by atoms with Crippen LogP contribution < -0.4 is 11.1 Å². The predicted octanol–water partition coefficient (Wildman–Crippen LogP) is 2.67. The number of rotatable bonds is 5. The fraction of sp³-hybridized carbons (Fsp3) is 0.500. The summed E-state index contributed by atoms with van der Waals surface area (Å²) in [4.78, 5) is 0. The van der Waals surface area contributed by atoms with Crippen molar-refractivity contribution >= 4 is 0 Å². The molecule has 1 atom stereocenters. The van der Waals surface area contributed by atoms with Crippen LogP contribution in [0.25, 0.3) is 0 Å². The van der Waals surface area contributed by atoms with Crippen LogP contribution >= 0.6 is 0 Å². The number of nitrogens with two attached hydrogens (primary N) is 1. The Morgan fingerprint density at radius 2 is 2.00 bits per heavy atom. The van der Waals surface area contributed by atoms with Crippen LogP contribution in [0.15, 0.2) is 18.2 Å². The van der Waals surface area contributed by atoms with E-state index in [0.29, 0.717) is 13.0 Å². The number of alkyl halides is 3. The summed E-state index contributed by atoms with van der Waals surface area (Å²) in [6.45, 7) is 2.37. The fourth-order valence-corrected chi connectivity index (χ4v) is 1.52. The normalized spacial score (nSPS) is 13.7. The van der Waals surface area contributed by atoms with Crippen molar-refractivity contribution in [3.05, 3.63) is 35.1 Å². The lowest BCUT2D eigenvalue weighted by Gasteiger charge is -2.14. The molecule has 0 radical (unpaired) electrons. The van der Waals surface area contributed by atoms with Gasteiger partial charge < -0.3 is 11.1 Å². The molecule has 0 aliphatic rings. The molecule has 0 aromatic heterocycles. The molecular formula is C12H16F4N2. The number of hydrogen-bond acceptors (Lipinski definition) is 2. The first kappa shape index (κ1) is 14.9. The van der Waals surface area contributed by atoms with Gasteiger partial charge in [0.05, 0.1) is 5.56 Å². The van der Waals surface area contributed by atoms with E-state index in [1.165, 1.54) is 0 Å². The lowest BCUT2D eigenvalue weighted by atomic mass is 10.1. The first-order chi connectivity index (χ1) is 8.34. The molecule has 6 heteroatoms. The highest BCUT2D eigenvalue weighted by Gasteiger charge is 2.30. The summed E-state index contributed by atoms with van der Waals surface area (Å²) in [5.41, 5.74) is 4.51. The molecule has 0 saturated heterocycles. The largest absolute Gasteiger partial charge is 0.416 e. The van der Waals surface area contributed by atoms with Crippen molar-refractivity contribution in [1.29, 1.82) is 0 Å². The third kappa shape index (κ3) is 4.27. The van der Waals surface area contributed by atoms with E-state index in [0.717, 1.165) is 18.2 Å². The number of nitrogens with one attached hydrogen (secondary N) is 1. The van der Waals surface area contributed by atoms with Crippen molar-refractivity contribution in [3.8, 4) is 0 Å². The van der Waals surface area contributed by atoms with Gasteiger partial charge in [-0.15, -0.1) is 0 Å². The van der Waals surface area contributed by atoms with E-state index in [1.807, 2.05) is 6.92 Å². The molecule has 18 heavy (non-hydrogen) atoms. The van der Waals surface area contributed by atoms with Crippen LogP contribution in [-0.4, -0.2) is 12.6 Å². The number of halogens is 4. The molecule has 3 N–H and O–H groups in total. The Labute approximate surface area is 103 Å². The van der Waals surface area contributed by atoms with Gasteiger partial charge in [0.1, 0.15) is 5.82 Å². The highest BCUT2D eigenvalue weighted by Crippen LogP contribution is 2.30. The summed E-state index contributed by atoms with van der Waals surface area (Å²) in [7, 11) is 0. The summed E-state index contributed by atoms with van der Waals surface area (Å²) in [6.07, 6.45) is -3.77. The highest BCUT2D eigenvalue weighted by atomic mass is 19.4. The summed E-state index contributed by atoms with van der Waals surface area (Å²) in [5.74, 6) is -0.643. The average Bonchev–Trinajstić information content (AvgIpc) is 2.26. The first-order valence-electron chi connectivity index (χ1n) is 5.63. The second-order valence-corrected chi connectivity index (χ2v) is 4.16. The van der Waals surface area contributed by atoms with E-state index in [1.54, 1.807) is 0 Å². The molecule has 0 fully saturated rings. The Morgan fingerprint density at radius 1 is 1.33 bits per heavy atom. The van der Waals surface area contributed by atoms with Gasteiger partial charge in [-0.3, -0.25) is 0 Å². The standard InChI is InChI=1S/C12H16F4N2/c1-8(4-5-17)18-7-9-6-10(12(14,15)16)2-3-11(9)13/h2-3,6,8,18H,4-5,7,17H2,1H3. The molecule has 102 valence electrons. The lowest BCUT2D eigenvalue weighted by molar-refractivity contribution is -0.137. The highest BCUT2D eigenvalue weighted by molar-refractivity contribution is 5.27. The van der Waals surface area contributed by atoms with Gasteiger partial charge >= 0.3 is 6.18 Å². The summed E-state index contributed by atoms with van der Waals surface area (Å²) >= 11 is 0. The van der Waals surface area contributed by atoms with Gasteiger partial charge in [-0.1, -0.05) is 0 Å². The van der Waals surface area contributed by atoms with Gasteiger partial charge in [-0.25, -0.2) is 4.39 Å². The Balaban J connectivity index is 2.76. The minimum atomic E-state index is -4.45. The zero-order chi connectivity index (χ0) is 13.8. The van der Waals surface area contributed by atoms with Gasteiger partial charge in [-0.05, 0) is 38.1 Å². The van der Waals surface area contributed by atoms with Crippen LogP contribution in [0, 0.1) is 5.82 Å². The minimum Gasteiger partial charge on any atom is -0.330 e. The monoisotopic (exact) mass is 264 g/mol. The molecule has 0 bridgehead atoms. The van der Waals surface area contributed by atoms with Gasteiger partial charge in [0.15, 0.2) is 0 Å².